The van der Waals surface area contributed by atoms with Gasteiger partial charge >= 0.3 is 0 Å². The molecule has 0 spiro atoms. The van der Waals surface area contributed by atoms with Crippen LogP contribution < -0.4 is 10.1 Å². The Kier molecular flexibility index (Phi) is 3.29. The monoisotopic (exact) mass is 233 g/mol. The average molecular weight is 233 g/mol. The van der Waals surface area contributed by atoms with E-state index in [1.807, 2.05) is 0 Å². The van der Waals surface area contributed by atoms with Crippen LogP contribution in [0.2, 0.25) is 0 Å². The number of fused-ring (bicyclic) bond motifs is 1. The number of hydrogen-bond acceptors (Lipinski definition) is 3. The fourth-order valence-corrected chi connectivity index (χ4v) is 2.51. The van der Waals surface area contributed by atoms with Gasteiger partial charge in [0.15, 0.2) is 0 Å². The van der Waals surface area contributed by atoms with Gasteiger partial charge in [-0.2, -0.15) is 0 Å². The summed E-state index contributed by atoms with van der Waals surface area (Å²) in [5.74, 6) is 1.56. The zero-order valence-electron chi connectivity index (χ0n) is 10.1. The Labute approximate surface area is 102 Å². The van der Waals surface area contributed by atoms with Crippen LogP contribution >= 0.6 is 0 Å². The molecule has 2 aliphatic heterocycles. The molecular formula is C14H19NO2. The fraction of sp³-hybridized carbons (Fsp3) is 0.571. The molecule has 1 atom stereocenters. The molecule has 2 aliphatic rings. The lowest BCUT2D eigenvalue weighted by atomic mass is 10.0. The van der Waals surface area contributed by atoms with Crippen LogP contribution in [-0.4, -0.2) is 19.8 Å². The van der Waals surface area contributed by atoms with E-state index in [1.54, 1.807) is 0 Å². The van der Waals surface area contributed by atoms with Crippen LogP contribution in [0.5, 0.6) is 5.75 Å². The van der Waals surface area contributed by atoms with Crippen LogP contribution in [0.1, 0.15) is 24.0 Å². The van der Waals surface area contributed by atoms with Gasteiger partial charge in [-0.05, 0) is 36.1 Å². The van der Waals surface area contributed by atoms with Gasteiger partial charge in [0, 0.05) is 25.6 Å². The van der Waals surface area contributed by atoms with Crippen LogP contribution in [-0.2, 0) is 17.8 Å². The van der Waals surface area contributed by atoms with Crippen molar-refractivity contribution in [1.29, 1.82) is 0 Å². The Morgan fingerprint density at radius 1 is 1.29 bits per heavy atom. The Balaban J connectivity index is 1.57. The highest BCUT2D eigenvalue weighted by molar-refractivity contribution is 5.37. The molecule has 1 fully saturated rings. The van der Waals surface area contributed by atoms with E-state index in [0.717, 1.165) is 38.7 Å². The summed E-state index contributed by atoms with van der Waals surface area (Å²) in [7, 11) is 0. The van der Waals surface area contributed by atoms with E-state index in [-0.39, 0.29) is 0 Å². The minimum atomic E-state index is 0.565. The molecule has 1 unspecified atom stereocenters. The highest BCUT2D eigenvalue weighted by atomic mass is 16.5. The molecule has 0 aliphatic carbocycles. The maximum atomic E-state index is 5.86. The van der Waals surface area contributed by atoms with E-state index in [9.17, 15) is 0 Å². The smallest absolute Gasteiger partial charge is 0.119 e. The molecule has 1 saturated heterocycles. The quantitative estimate of drug-likeness (QED) is 0.867. The summed E-state index contributed by atoms with van der Waals surface area (Å²) in [6.45, 7) is 4.52. The Hall–Kier alpha value is -1.06. The Bertz CT molecular complexity index is 386. The second kappa shape index (κ2) is 5.07. The van der Waals surface area contributed by atoms with Crippen molar-refractivity contribution < 1.29 is 9.47 Å². The minimum Gasteiger partial charge on any atom is -0.493 e. The molecule has 1 aromatic carbocycles. The van der Waals surface area contributed by atoms with E-state index in [0.29, 0.717) is 5.92 Å². The second-order valence-electron chi connectivity index (χ2n) is 4.93. The number of hydrogen-bond donors (Lipinski definition) is 1. The molecule has 0 radical (unpaired) electrons. The maximum absolute atomic E-state index is 5.86. The predicted molar refractivity (Wildman–Crippen MR) is 66.0 cm³/mol. The first-order valence-electron chi connectivity index (χ1n) is 6.45. The Morgan fingerprint density at radius 3 is 3.12 bits per heavy atom. The van der Waals surface area contributed by atoms with Gasteiger partial charge in [0.25, 0.3) is 0 Å². The second-order valence-corrected chi connectivity index (χ2v) is 4.93. The third kappa shape index (κ3) is 2.61. The molecule has 0 aromatic heterocycles. The minimum absolute atomic E-state index is 0.565. The van der Waals surface area contributed by atoms with Crippen LogP contribution in [0, 0.1) is 5.92 Å². The topological polar surface area (TPSA) is 30.5 Å². The summed E-state index contributed by atoms with van der Waals surface area (Å²) in [5, 5.41) is 3.34. The van der Waals surface area contributed by atoms with Crippen LogP contribution in [0.15, 0.2) is 18.2 Å². The van der Waals surface area contributed by atoms with Crippen molar-refractivity contribution in [3.05, 3.63) is 29.3 Å². The van der Waals surface area contributed by atoms with Crippen molar-refractivity contribution in [3.8, 4) is 5.75 Å². The fourth-order valence-electron chi connectivity index (χ4n) is 2.51. The van der Waals surface area contributed by atoms with E-state index < -0.39 is 0 Å². The zero-order valence-corrected chi connectivity index (χ0v) is 10.1. The van der Waals surface area contributed by atoms with Gasteiger partial charge in [-0.3, -0.25) is 0 Å². The van der Waals surface area contributed by atoms with Crippen LogP contribution in [0.3, 0.4) is 0 Å². The molecule has 92 valence electrons. The van der Waals surface area contributed by atoms with Crippen molar-refractivity contribution in [3.63, 3.8) is 0 Å². The van der Waals surface area contributed by atoms with Crippen molar-refractivity contribution in [2.75, 3.05) is 19.8 Å². The lowest BCUT2D eigenvalue weighted by molar-refractivity contribution is 0.0352. The number of benzene rings is 1. The van der Waals surface area contributed by atoms with Crippen molar-refractivity contribution >= 4 is 0 Å². The summed E-state index contributed by atoms with van der Waals surface area (Å²) >= 11 is 0. The Morgan fingerprint density at radius 2 is 2.24 bits per heavy atom. The van der Waals surface area contributed by atoms with Gasteiger partial charge in [-0.1, -0.05) is 6.07 Å². The molecule has 2 heterocycles. The molecular weight excluding hydrogens is 214 g/mol. The van der Waals surface area contributed by atoms with Crippen molar-refractivity contribution in [2.24, 2.45) is 5.92 Å². The highest BCUT2D eigenvalue weighted by Crippen LogP contribution is 2.23. The van der Waals surface area contributed by atoms with E-state index in [4.69, 9.17) is 9.47 Å². The third-order valence-corrected chi connectivity index (χ3v) is 3.55. The summed E-state index contributed by atoms with van der Waals surface area (Å²) in [4.78, 5) is 0. The summed E-state index contributed by atoms with van der Waals surface area (Å²) < 4.78 is 11.3. The summed E-state index contributed by atoms with van der Waals surface area (Å²) in [6.07, 6.45) is 2.40. The average Bonchev–Trinajstić information content (AvgIpc) is 2.85. The van der Waals surface area contributed by atoms with Gasteiger partial charge in [-0.15, -0.1) is 0 Å². The van der Waals surface area contributed by atoms with Gasteiger partial charge in [0.2, 0.25) is 0 Å². The number of nitrogens with one attached hydrogen (secondary N) is 1. The third-order valence-electron chi connectivity index (χ3n) is 3.55. The van der Waals surface area contributed by atoms with E-state index in [1.165, 1.54) is 24.0 Å². The van der Waals surface area contributed by atoms with Crippen molar-refractivity contribution in [1.82, 2.24) is 5.32 Å². The maximum Gasteiger partial charge on any atom is 0.119 e. The SMILES string of the molecule is c1cc2c(cc1OCC1CCCOC1)CNC2. The molecule has 0 saturated carbocycles. The highest BCUT2D eigenvalue weighted by Gasteiger charge is 2.15. The van der Waals surface area contributed by atoms with Gasteiger partial charge in [0.05, 0.1) is 13.2 Å². The molecule has 0 bridgehead atoms. The molecule has 1 N–H and O–H groups in total. The standard InChI is InChI=1S/C14H19NO2/c1-2-11(9-16-5-1)10-17-14-4-3-12-7-15-8-13(12)6-14/h3-4,6,11,15H,1-2,5,7-10H2. The number of ether oxygens (including phenoxy) is 2. The molecule has 3 nitrogen and oxygen atoms in total. The molecule has 3 heteroatoms. The molecule has 3 rings (SSSR count). The lowest BCUT2D eigenvalue weighted by Gasteiger charge is -2.22. The van der Waals surface area contributed by atoms with Gasteiger partial charge in [-0.25, -0.2) is 0 Å². The van der Waals surface area contributed by atoms with Crippen LogP contribution in [0.4, 0.5) is 0 Å². The summed E-state index contributed by atoms with van der Waals surface area (Å²) in [6, 6.07) is 6.41. The lowest BCUT2D eigenvalue weighted by Crippen LogP contribution is -2.23. The summed E-state index contributed by atoms with van der Waals surface area (Å²) in [5.41, 5.74) is 2.78. The first kappa shape index (κ1) is 11.1. The van der Waals surface area contributed by atoms with Crippen LogP contribution in [0.25, 0.3) is 0 Å². The van der Waals surface area contributed by atoms with E-state index >= 15 is 0 Å². The first-order chi connectivity index (χ1) is 8.42. The molecule has 0 amide bonds. The number of rotatable bonds is 3. The zero-order chi connectivity index (χ0) is 11.5. The molecule has 17 heavy (non-hydrogen) atoms. The normalized spacial score (nSPS) is 23.4. The van der Waals surface area contributed by atoms with Gasteiger partial charge < -0.3 is 14.8 Å². The first-order valence-corrected chi connectivity index (χ1v) is 6.45. The predicted octanol–water partition coefficient (Wildman–Crippen LogP) is 2.10. The van der Waals surface area contributed by atoms with Gasteiger partial charge in [0.1, 0.15) is 5.75 Å². The van der Waals surface area contributed by atoms with Crippen molar-refractivity contribution in [2.45, 2.75) is 25.9 Å². The molecule has 1 aromatic rings. The van der Waals surface area contributed by atoms with E-state index in [2.05, 4.69) is 23.5 Å². The largest absolute Gasteiger partial charge is 0.493 e.